The quantitative estimate of drug-likeness (QED) is 0.658. The Morgan fingerprint density at radius 3 is 2.15 bits per heavy atom. The summed E-state index contributed by atoms with van der Waals surface area (Å²) in [5.41, 5.74) is 3.17. The van der Waals surface area contributed by atoms with Crippen LogP contribution in [0.2, 0.25) is 0 Å². The average molecular weight is 350 g/mol. The van der Waals surface area contributed by atoms with Crippen LogP contribution in [0.25, 0.3) is 11.3 Å². The molecule has 3 aromatic rings. The molecule has 26 heavy (non-hydrogen) atoms. The highest BCUT2D eigenvalue weighted by Gasteiger charge is 2.11. The number of anilines is 2. The normalized spacial score (nSPS) is 10.2. The minimum absolute atomic E-state index is 0.148. The zero-order valence-electron chi connectivity index (χ0n) is 14.4. The predicted molar refractivity (Wildman–Crippen MR) is 99.3 cm³/mol. The lowest BCUT2D eigenvalue weighted by molar-refractivity contribution is -0.114. The van der Waals surface area contributed by atoms with Crippen molar-refractivity contribution in [2.24, 2.45) is 0 Å². The van der Waals surface area contributed by atoms with Crippen molar-refractivity contribution < 1.29 is 14.3 Å². The fourth-order valence-corrected chi connectivity index (χ4v) is 2.39. The van der Waals surface area contributed by atoms with E-state index >= 15 is 0 Å². The summed E-state index contributed by atoms with van der Waals surface area (Å²) >= 11 is 0. The summed E-state index contributed by atoms with van der Waals surface area (Å²) in [6.45, 7) is 1.44. The lowest BCUT2D eigenvalue weighted by atomic mass is 10.1. The second-order valence-electron chi connectivity index (χ2n) is 5.61. The molecule has 2 aromatic carbocycles. The molecule has 0 saturated carbocycles. The second kappa shape index (κ2) is 7.52. The number of benzene rings is 2. The van der Waals surface area contributed by atoms with Crippen molar-refractivity contribution in [1.82, 2.24) is 10.2 Å². The van der Waals surface area contributed by atoms with Gasteiger partial charge in [-0.05, 0) is 54.6 Å². The number of H-pyrrole nitrogens is 1. The number of hydrogen-bond acceptors (Lipinski definition) is 4. The molecule has 0 aliphatic rings. The largest absolute Gasteiger partial charge is 0.497 e. The van der Waals surface area contributed by atoms with Gasteiger partial charge in [-0.15, -0.1) is 0 Å². The minimum atomic E-state index is -0.301. The number of methoxy groups -OCH3 is 1. The van der Waals surface area contributed by atoms with Crippen LogP contribution < -0.4 is 15.4 Å². The summed E-state index contributed by atoms with van der Waals surface area (Å²) in [5, 5.41) is 12.4. The molecule has 0 saturated heterocycles. The van der Waals surface area contributed by atoms with Gasteiger partial charge < -0.3 is 15.4 Å². The van der Waals surface area contributed by atoms with Crippen LogP contribution in [0.4, 0.5) is 11.4 Å². The molecule has 2 amide bonds. The van der Waals surface area contributed by atoms with Gasteiger partial charge in [0.05, 0.1) is 12.8 Å². The third-order valence-electron chi connectivity index (χ3n) is 3.67. The summed E-state index contributed by atoms with van der Waals surface area (Å²) in [6, 6.07) is 16.0. The summed E-state index contributed by atoms with van der Waals surface area (Å²) in [6.07, 6.45) is 0. The van der Waals surface area contributed by atoms with Crippen molar-refractivity contribution in [2.75, 3.05) is 17.7 Å². The van der Waals surface area contributed by atoms with Gasteiger partial charge in [-0.25, -0.2) is 0 Å². The lowest BCUT2D eigenvalue weighted by Gasteiger charge is -2.05. The van der Waals surface area contributed by atoms with Gasteiger partial charge in [0, 0.05) is 23.9 Å². The van der Waals surface area contributed by atoms with Crippen LogP contribution >= 0.6 is 0 Å². The van der Waals surface area contributed by atoms with Gasteiger partial charge >= 0.3 is 0 Å². The van der Waals surface area contributed by atoms with Gasteiger partial charge in [0.1, 0.15) is 11.4 Å². The number of carbonyl (C=O) groups excluding carboxylic acids is 2. The van der Waals surface area contributed by atoms with E-state index in [4.69, 9.17) is 4.74 Å². The van der Waals surface area contributed by atoms with Gasteiger partial charge in [-0.1, -0.05) is 0 Å². The number of nitrogens with zero attached hydrogens (tertiary/aromatic N) is 1. The standard InChI is InChI=1S/C19H18N4O3/c1-12(24)20-14-5-7-15(8-6-14)21-19(25)18-11-17(22-23-18)13-3-9-16(26-2)10-4-13/h3-11H,1-2H3,(H,20,24)(H,21,25)(H,22,23). The van der Waals surface area contributed by atoms with E-state index in [1.165, 1.54) is 6.92 Å². The molecule has 7 nitrogen and oxygen atoms in total. The Kier molecular flexibility index (Phi) is 4.98. The Morgan fingerprint density at radius 1 is 0.962 bits per heavy atom. The monoisotopic (exact) mass is 350 g/mol. The van der Waals surface area contributed by atoms with Crippen molar-refractivity contribution in [3.8, 4) is 17.0 Å². The number of aromatic amines is 1. The maximum atomic E-state index is 12.3. The van der Waals surface area contributed by atoms with Crippen LogP contribution in [0, 0.1) is 0 Å². The Bertz CT molecular complexity index is 915. The molecule has 0 fully saturated rings. The highest BCUT2D eigenvalue weighted by molar-refractivity contribution is 6.03. The molecule has 0 atom stereocenters. The van der Waals surface area contributed by atoms with E-state index in [2.05, 4.69) is 20.8 Å². The predicted octanol–water partition coefficient (Wildman–Crippen LogP) is 3.30. The minimum Gasteiger partial charge on any atom is -0.497 e. The molecule has 0 radical (unpaired) electrons. The summed E-state index contributed by atoms with van der Waals surface area (Å²) < 4.78 is 5.13. The van der Waals surface area contributed by atoms with Gasteiger partial charge in [0.2, 0.25) is 5.91 Å². The maximum Gasteiger partial charge on any atom is 0.273 e. The maximum absolute atomic E-state index is 12.3. The first-order valence-electron chi connectivity index (χ1n) is 7.94. The molecule has 1 aromatic heterocycles. The van der Waals surface area contributed by atoms with E-state index in [-0.39, 0.29) is 11.8 Å². The number of nitrogens with one attached hydrogen (secondary N) is 3. The fraction of sp³-hybridized carbons (Fsp3) is 0.105. The first-order valence-corrected chi connectivity index (χ1v) is 7.94. The summed E-state index contributed by atoms with van der Waals surface area (Å²) in [4.78, 5) is 23.4. The van der Waals surface area contributed by atoms with E-state index in [0.717, 1.165) is 11.3 Å². The van der Waals surface area contributed by atoms with Crippen LogP contribution in [0.3, 0.4) is 0 Å². The molecule has 0 aliphatic carbocycles. The van der Waals surface area contributed by atoms with Crippen molar-refractivity contribution in [3.05, 3.63) is 60.3 Å². The molecule has 0 bridgehead atoms. The number of hydrogen-bond donors (Lipinski definition) is 3. The fourth-order valence-electron chi connectivity index (χ4n) is 2.39. The molecule has 0 aliphatic heterocycles. The second-order valence-corrected chi connectivity index (χ2v) is 5.61. The first-order chi connectivity index (χ1) is 12.5. The van der Waals surface area contributed by atoms with Crippen molar-refractivity contribution in [3.63, 3.8) is 0 Å². The molecule has 7 heteroatoms. The Balaban J connectivity index is 1.68. The zero-order chi connectivity index (χ0) is 18.5. The average Bonchev–Trinajstić information content (AvgIpc) is 3.13. The Hall–Kier alpha value is -3.61. The van der Waals surface area contributed by atoms with Gasteiger partial charge in [-0.2, -0.15) is 5.10 Å². The van der Waals surface area contributed by atoms with Crippen LogP contribution in [0.15, 0.2) is 54.6 Å². The molecular weight excluding hydrogens is 332 g/mol. The number of ether oxygens (including phenoxy) is 1. The number of aromatic nitrogens is 2. The summed E-state index contributed by atoms with van der Waals surface area (Å²) in [5.74, 6) is 0.305. The van der Waals surface area contributed by atoms with Crippen LogP contribution in [0.1, 0.15) is 17.4 Å². The van der Waals surface area contributed by atoms with E-state index < -0.39 is 0 Å². The molecule has 3 rings (SSSR count). The smallest absolute Gasteiger partial charge is 0.273 e. The highest BCUT2D eigenvalue weighted by Crippen LogP contribution is 2.21. The molecule has 0 spiro atoms. The van der Waals surface area contributed by atoms with Crippen LogP contribution in [0.5, 0.6) is 5.75 Å². The number of rotatable bonds is 5. The molecule has 0 unspecified atom stereocenters. The topological polar surface area (TPSA) is 96.1 Å². The SMILES string of the molecule is COc1ccc(-c2cc(C(=O)Nc3ccc(NC(C)=O)cc3)[nH]n2)cc1. The van der Waals surface area contributed by atoms with E-state index in [9.17, 15) is 9.59 Å². The molecule has 1 heterocycles. The van der Waals surface area contributed by atoms with Gasteiger partial charge in [-0.3, -0.25) is 14.7 Å². The first kappa shape index (κ1) is 17.2. The van der Waals surface area contributed by atoms with E-state index in [1.807, 2.05) is 24.3 Å². The van der Waals surface area contributed by atoms with Crippen LogP contribution in [-0.2, 0) is 4.79 Å². The van der Waals surface area contributed by atoms with Crippen molar-refractivity contribution >= 4 is 23.2 Å². The van der Waals surface area contributed by atoms with Crippen LogP contribution in [-0.4, -0.2) is 29.1 Å². The Labute approximate surface area is 150 Å². The number of amides is 2. The van der Waals surface area contributed by atoms with E-state index in [1.54, 1.807) is 37.4 Å². The van der Waals surface area contributed by atoms with Gasteiger partial charge in [0.25, 0.3) is 5.91 Å². The summed E-state index contributed by atoms with van der Waals surface area (Å²) in [7, 11) is 1.61. The lowest BCUT2D eigenvalue weighted by Crippen LogP contribution is -2.12. The third-order valence-corrected chi connectivity index (χ3v) is 3.67. The van der Waals surface area contributed by atoms with Crippen molar-refractivity contribution in [1.29, 1.82) is 0 Å². The Morgan fingerprint density at radius 2 is 1.58 bits per heavy atom. The molecular formula is C19H18N4O3. The number of carbonyl (C=O) groups is 2. The third kappa shape index (κ3) is 4.07. The van der Waals surface area contributed by atoms with E-state index in [0.29, 0.717) is 22.8 Å². The molecule has 3 N–H and O–H groups in total. The van der Waals surface area contributed by atoms with Gasteiger partial charge in [0.15, 0.2) is 0 Å². The zero-order valence-corrected chi connectivity index (χ0v) is 14.4. The molecule has 132 valence electrons. The highest BCUT2D eigenvalue weighted by atomic mass is 16.5. The van der Waals surface area contributed by atoms with Crippen molar-refractivity contribution in [2.45, 2.75) is 6.92 Å².